The molecule has 0 aliphatic heterocycles. The average Bonchev–Trinajstić information content (AvgIpc) is 2.43. The van der Waals surface area contributed by atoms with Crippen LogP contribution in [0.25, 0.3) is 5.52 Å². The Morgan fingerprint density at radius 2 is 2.31 bits per heavy atom. The molecule has 0 saturated heterocycles. The maximum Gasteiger partial charge on any atom is 0.157 e. The topological polar surface area (TPSA) is 29.3 Å². The van der Waals surface area contributed by atoms with Crippen molar-refractivity contribution in [1.29, 1.82) is 0 Å². The van der Waals surface area contributed by atoms with Gasteiger partial charge < -0.3 is 9.72 Å². The highest BCUT2D eigenvalue weighted by molar-refractivity contribution is 6.33. The number of hydrogen-bond acceptors (Lipinski definition) is 2. The highest BCUT2D eigenvalue weighted by Crippen LogP contribution is 2.24. The van der Waals surface area contributed by atoms with Crippen LogP contribution in [0.5, 0.6) is 0 Å². The van der Waals surface area contributed by atoms with Crippen LogP contribution in [0.3, 0.4) is 0 Å². The van der Waals surface area contributed by atoms with Gasteiger partial charge in [0.2, 0.25) is 0 Å². The van der Waals surface area contributed by atoms with Gasteiger partial charge in [0.15, 0.2) is 5.15 Å². The first-order valence-electron chi connectivity index (χ1n) is 4.05. The lowest BCUT2D eigenvalue weighted by molar-refractivity contribution is 1.04. The summed E-state index contributed by atoms with van der Waals surface area (Å²) in [4.78, 5) is 4.19. The van der Waals surface area contributed by atoms with E-state index in [0.29, 0.717) is 5.15 Å². The maximum absolute atomic E-state index is 5.99. The number of nitrogens with zero attached hydrogens (tertiary/aromatic N) is 2. The van der Waals surface area contributed by atoms with Crippen molar-refractivity contribution in [2.45, 2.75) is 6.92 Å². The van der Waals surface area contributed by atoms with Crippen LogP contribution in [-0.2, 0) is 0 Å². The van der Waals surface area contributed by atoms with Gasteiger partial charge in [0.05, 0.1) is 5.69 Å². The zero-order valence-corrected chi connectivity index (χ0v) is 8.26. The largest absolute Gasteiger partial charge is 0.386 e. The van der Waals surface area contributed by atoms with Crippen LogP contribution in [-0.4, -0.2) is 16.4 Å². The highest BCUT2D eigenvalue weighted by atomic mass is 35.5. The fourth-order valence-electron chi connectivity index (χ4n) is 1.44. The second-order valence-electron chi connectivity index (χ2n) is 2.84. The summed E-state index contributed by atoms with van der Waals surface area (Å²) < 4.78 is 1.97. The summed E-state index contributed by atoms with van der Waals surface area (Å²) in [7, 11) is 1.87. The monoisotopic (exact) mass is 195 g/mol. The lowest BCUT2D eigenvalue weighted by Crippen LogP contribution is -1.93. The first kappa shape index (κ1) is 8.38. The van der Waals surface area contributed by atoms with E-state index in [0.717, 1.165) is 17.0 Å². The molecule has 1 N–H and O–H groups in total. The number of hydrogen-bond donors (Lipinski definition) is 1. The number of aryl methyl sites for hydroxylation is 1. The van der Waals surface area contributed by atoms with Crippen LogP contribution in [0.1, 0.15) is 5.82 Å². The van der Waals surface area contributed by atoms with E-state index >= 15 is 0 Å². The fourth-order valence-corrected chi connectivity index (χ4v) is 1.75. The molecule has 0 fully saturated rings. The molecule has 0 aliphatic carbocycles. The molecule has 68 valence electrons. The normalized spacial score (nSPS) is 10.7. The highest BCUT2D eigenvalue weighted by Gasteiger charge is 2.08. The van der Waals surface area contributed by atoms with Crippen LogP contribution in [0.4, 0.5) is 5.69 Å². The molecule has 0 spiro atoms. The summed E-state index contributed by atoms with van der Waals surface area (Å²) >= 11 is 5.99. The third-order valence-electron chi connectivity index (χ3n) is 2.07. The van der Waals surface area contributed by atoms with Gasteiger partial charge >= 0.3 is 0 Å². The number of fused-ring (bicyclic) bond motifs is 1. The van der Waals surface area contributed by atoms with Crippen molar-refractivity contribution >= 4 is 22.8 Å². The molecule has 0 radical (unpaired) electrons. The van der Waals surface area contributed by atoms with Crippen molar-refractivity contribution in [1.82, 2.24) is 9.38 Å². The average molecular weight is 196 g/mol. The lowest BCUT2D eigenvalue weighted by Gasteiger charge is -2.03. The van der Waals surface area contributed by atoms with Gasteiger partial charge in [-0.1, -0.05) is 11.6 Å². The van der Waals surface area contributed by atoms with Gasteiger partial charge in [-0.15, -0.1) is 0 Å². The minimum absolute atomic E-state index is 0.544. The quantitative estimate of drug-likeness (QED) is 0.757. The van der Waals surface area contributed by atoms with Crippen molar-refractivity contribution in [3.63, 3.8) is 0 Å². The zero-order chi connectivity index (χ0) is 9.42. The van der Waals surface area contributed by atoms with Crippen LogP contribution < -0.4 is 5.32 Å². The number of pyridine rings is 1. The van der Waals surface area contributed by atoms with Gasteiger partial charge in [-0.05, 0) is 19.1 Å². The molecule has 13 heavy (non-hydrogen) atoms. The Kier molecular flexibility index (Phi) is 1.88. The molecule has 2 rings (SSSR count). The fraction of sp³-hybridized carbons (Fsp3) is 0.222. The molecule has 2 aromatic rings. The van der Waals surface area contributed by atoms with Crippen LogP contribution in [0.2, 0.25) is 5.15 Å². The first-order chi connectivity index (χ1) is 6.24. The smallest absolute Gasteiger partial charge is 0.157 e. The molecular weight excluding hydrogens is 186 g/mol. The summed E-state index contributed by atoms with van der Waals surface area (Å²) in [6, 6.07) is 3.94. The van der Waals surface area contributed by atoms with Gasteiger partial charge in [-0.25, -0.2) is 4.98 Å². The molecule has 0 bridgehead atoms. The van der Waals surface area contributed by atoms with Crippen molar-refractivity contribution in [3.8, 4) is 0 Å². The minimum atomic E-state index is 0.544. The van der Waals surface area contributed by atoms with E-state index in [-0.39, 0.29) is 0 Å². The summed E-state index contributed by atoms with van der Waals surface area (Å²) in [6.45, 7) is 1.93. The predicted octanol–water partition coefficient (Wildman–Crippen LogP) is 2.34. The van der Waals surface area contributed by atoms with Crippen LogP contribution in [0, 0.1) is 6.92 Å². The van der Waals surface area contributed by atoms with Crippen molar-refractivity contribution < 1.29 is 0 Å². The summed E-state index contributed by atoms with van der Waals surface area (Å²) in [5.74, 6) is 0.900. The molecule has 0 unspecified atom stereocenters. The summed E-state index contributed by atoms with van der Waals surface area (Å²) in [5.41, 5.74) is 1.93. The van der Waals surface area contributed by atoms with E-state index in [9.17, 15) is 0 Å². The first-order valence-corrected chi connectivity index (χ1v) is 4.42. The third kappa shape index (κ3) is 1.16. The van der Waals surface area contributed by atoms with E-state index in [1.54, 1.807) is 0 Å². The Hall–Kier alpha value is -1.22. The van der Waals surface area contributed by atoms with Gasteiger partial charge in [0.25, 0.3) is 0 Å². The molecule has 0 aliphatic rings. The molecule has 4 heteroatoms. The summed E-state index contributed by atoms with van der Waals surface area (Å²) in [6.07, 6.45) is 1.95. The minimum Gasteiger partial charge on any atom is -0.386 e. The maximum atomic E-state index is 5.99. The number of halogens is 1. The Morgan fingerprint density at radius 1 is 1.54 bits per heavy atom. The lowest BCUT2D eigenvalue weighted by atomic mass is 10.3. The van der Waals surface area contributed by atoms with Crippen LogP contribution >= 0.6 is 11.6 Å². The molecule has 0 saturated carbocycles. The third-order valence-corrected chi connectivity index (χ3v) is 2.33. The molecule has 3 nitrogen and oxygen atoms in total. The van der Waals surface area contributed by atoms with Crippen molar-refractivity contribution in [2.24, 2.45) is 0 Å². The van der Waals surface area contributed by atoms with E-state index < -0.39 is 0 Å². The van der Waals surface area contributed by atoms with E-state index in [4.69, 9.17) is 11.6 Å². The van der Waals surface area contributed by atoms with Gasteiger partial charge in [-0.2, -0.15) is 0 Å². The van der Waals surface area contributed by atoms with E-state index in [2.05, 4.69) is 10.3 Å². The second-order valence-corrected chi connectivity index (χ2v) is 3.20. The Bertz CT molecular complexity index is 447. The molecular formula is C9H10ClN3. The standard InChI is InChI=1S/C9H10ClN3/c1-6-12-9(10)8-7(11-2)4-3-5-13(6)8/h3-5,11H,1-2H3. The number of rotatable bonds is 1. The number of anilines is 1. The van der Waals surface area contributed by atoms with Gasteiger partial charge in [-0.3, -0.25) is 0 Å². The van der Waals surface area contributed by atoms with Crippen LogP contribution in [0.15, 0.2) is 18.3 Å². The Balaban J connectivity index is 2.88. The van der Waals surface area contributed by atoms with Crippen molar-refractivity contribution in [3.05, 3.63) is 29.3 Å². The Morgan fingerprint density at radius 3 is 3.00 bits per heavy atom. The molecule has 0 aromatic carbocycles. The second kappa shape index (κ2) is 2.92. The van der Waals surface area contributed by atoms with E-state index in [1.165, 1.54) is 0 Å². The Labute approximate surface area is 81.4 Å². The zero-order valence-electron chi connectivity index (χ0n) is 7.50. The predicted molar refractivity (Wildman–Crippen MR) is 54.5 cm³/mol. The van der Waals surface area contributed by atoms with Gasteiger partial charge in [0, 0.05) is 13.2 Å². The van der Waals surface area contributed by atoms with Gasteiger partial charge in [0.1, 0.15) is 11.3 Å². The summed E-state index contributed by atoms with van der Waals surface area (Å²) in [5, 5.41) is 3.62. The molecule has 0 amide bonds. The van der Waals surface area contributed by atoms with Crippen molar-refractivity contribution in [2.75, 3.05) is 12.4 Å². The van der Waals surface area contributed by atoms with E-state index in [1.807, 2.05) is 36.7 Å². The number of aromatic nitrogens is 2. The molecule has 0 atom stereocenters. The SMILES string of the molecule is CNc1cccn2c(C)nc(Cl)c12. The molecule has 2 aromatic heterocycles. The number of nitrogens with one attached hydrogen (secondary N) is 1. The molecule has 2 heterocycles. The number of imidazole rings is 1.